The van der Waals surface area contributed by atoms with E-state index < -0.39 is 6.10 Å². The van der Waals surface area contributed by atoms with Crippen molar-refractivity contribution in [1.29, 1.82) is 0 Å². The van der Waals surface area contributed by atoms with Crippen molar-refractivity contribution in [2.24, 2.45) is 17.8 Å². The van der Waals surface area contributed by atoms with Gasteiger partial charge in [-0.3, -0.25) is 14.4 Å². The van der Waals surface area contributed by atoms with Crippen LogP contribution in [-0.4, -0.2) is 37.2 Å². The van der Waals surface area contributed by atoms with Crippen molar-refractivity contribution >= 4 is 17.9 Å². The third kappa shape index (κ3) is 48.3. The first-order valence-electron chi connectivity index (χ1n) is 28.7. The van der Waals surface area contributed by atoms with Gasteiger partial charge >= 0.3 is 17.9 Å². The van der Waals surface area contributed by atoms with Crippen LogP contribution in [0.5, 0.6) is 0 Å². The van der Waals surface area contributed by atoms with Gasteiger partial charge in [0.05, 0.1) is 0 Å². The Kier molecular flexibility index (Phi) is 48.1. The van der Waals surface area contributed by atoms with Crippen LogP contribution in [0.25, 0.3) is 0 Å². The highest BCUT2D eigenvalue weighted by Gasteiger charge is 2.19. The number of hydrogen-bond donors (Lipinski definition) is 0. The van der Waals surface area contributed by atoms with E-state index in [-0.39, 0.29) is 31.1 Å². The summed E-state index contributed by atoms with van der Waals surface area (Å²) in [4.78, 5) is 38.0. The molecule has 0 aromatic carbocycles. The molecule has 380 valence electrons. The third-order valence-electron chi connectivity index (χ3n) is 13.9. The van der Waals surface area contributed by atoms with E-state index in [1.807, 2.05) is 0 Å². The normalized spacial score (nSPS) is 13.0. The molecule has 6 nitrogen and oxygen atoms in total. The second kappa shape index (κ2) is 49.3. The molecule has 0 spiro atoms. The minimum Gasteiger partial charge on any atom is -0.462 e. The number of rotatable bonds is 51. The Morgan fingerprint density at radius 1 is 0.312 bits per heavy atom. The Hall–Kier alpha value is -1.59. The average Bonchev–Trinajstić information content (AvgIpc) is 3.28. The minimum absolute atomic E-state index is 0.0647. The summed E-state index contributed by atoms with van der Waals surface area (Å²) >= 11 is 0. The lowest BCUT2D eigenvalue weighted by molar-refractivity contribution is -0.167. The maximum absolute atomic E-state index is 12.8. The van der Waals surface area contributed by atoms with Crippen LogP contribution in [0.1, 0.15) is 318 Å². The summed E-state index contributed by atoms with van der Waals surface area (Å²) in [5.41, 5.74) is 0. The van der Waals surface area contributed by atoms with Crippen LogP contribution in [0.4, 0.5) is 0 Å². The molecular weight excluding hydrogens is 793 g/mol. The van der Waals surface area contributed by atoms with E-state index in [0.29, 0.717) is 19.3 Å². The second-order valence-corrected chi connectivity index (χ2v) is 20.9. The summed E-state index contributed by atoms with van der Waals surface area (Å²) in [6, 6.07) is 0. The summed E-state index contributed by atoms with van der Waals surface area (Å²) in [6.45, 7) is 13.8. The Labute approximate surface area is 399 Å². The van der Waals surface area contributed by atoms with E-state index in [4.69, 9.17) is 14.2 Å². The zero-order valence-corrected chi connectivity index (χ0v) is 44.1. The molecule has 6 heteroatoms. The highest BCUT2D eigenvalue weighted by atomic mass is 16.6. The molecule has 0 aromatic heterocycles. The number of esters is 3. The van der Waals surface area contributed by atoms with Crippen LogP contribution in [0, 0.1) is 17.8 Å². The molecule has 0 aromatic rings. The van der Waals surface area contributed by atoms with Gasteiger partial charge in [0, 0.05) is 19.3 Å². The fourth-order valence-electron chi connectivity index (χ4n) is 8.76. The summed E-state index contributed by atoms with van der Waals surface area (Å²) in [6.07, 6.45) is 51.0. The van der Waals surface area contributed by atoms with E-state index in [1.54, 1.807) is 0 Å². The Morgan fingerprint density at radius 3 is 0.812 bits per heavy atom. The SMILES string of the molecule is CCC(C)CCCCCCCCCCCCCCCCCCCCC(=O)OC[C@@H](COC(=O)CCCCCCCCCCCCC(C)CC)OC(=O)CCCCCCCCCC(C)C. The zero-order chi connectivity index (χ0) is 47.0. The monoisotopic (exact) mass is 905 g/mol. The minimum atomic E-state index is -0.764. The van der Waals surface area contributed by atoms with Gasteiger partial charge in [0.1, 0.15) is 13.2 Å². The molecule has 0 saturated carbocycles. The summed E-state index contributed by atoms with van der Waals surface area (Å²) in [5, 5.41) is 0. The van der Waals surface area contributed by atoms with Crippen LogP contribution in [0.3, 0.4) is 0 Å². The fourth-order valence-corrected chi connectivity index (χ4v) is 8.76. The van der Waals surface area contributed by atoms with Crippen molar-refractivity contribution in [2.75, 3.05) is 13.2 Å². The lowest BCUT2D eigenvalue weighted by atomic mass is 9.99. The molecule has 64 heavy (non-hydrogen) atoms. The van der Waals surface area contributed by atoms with Crippen molar-refractivity contribution in [2.45, 2.75) is 324 Å². The molecule has 0 N–H and O–H groups in total. The average molecular weight is 906 g/mol. The molecule has 0 rings (SSSR count). The maximum Gasteiger partial charge on any atom is 0.306 e. The number of unbranched alkanes of at least 4 members (excludes halogenated alkanes) is 32. The number of carbonyl (C=O) groups is 3. The summed E-state index contributed by atoms with van der Waals surface area (Å²) in [5.74, 6) is 1.71. The molecule has 2 unspecified atom stereocenters. The van der Waals surface area contributed by atoms with Crippen LogP contribution in [-0.2, 0) is 28.6 Å². The van der Waals surface area contributed by atoms with Gasteiger partial charge in [0.2, 0.25) is 0 Å². The van der Waals surface area contributed by atoms with Crippen molar-refractivity contribution in [3.05, 3.63) is 0 Å². The molecule has 3 atom stereocenters. The summed E-state index contributed by atoms with van der Waals surface area (Å²) < 4.78 is 16.8. The van der Waals surface area contributed by atoms with Crippen LogP contribution in [0.15, 0.2) is 0 Å². The largest absolute Gasteiger partial charge is 0.462 e. The molecule has 0 aliphatic heterocycles. The molecule has 0 radical (unpaired) electrons. The van der Waals surface area contributed by atoms with E-state index in [1.165, 1.54) is 199 Å². The van der Waals surface area contributed by atoms with Gasteiger partial charge in [-0.1, -0.05) is 279 Å². The number of ether oxygens (including phenoxy) is 3. The smallest absolute Gasteiger partial charge is 0.306 e. The van der Waals surface area contributed by atoms with Gasteiger partial charge < -0.3 is 14.2 Å². The maximum atomic E-state index is 12.8. The van der Waals surface area contributed by atoms with Crippen LogP contribution in [0.2, 0.25) is 0 Å². The van der Waals surface area contributed by atoms with Crippen molar-refractivity contribution in [1.82, 2.24) is 0 Å². The van der Waals surface area contributed by atoms with Crippen molar-refractivity contribution in [3.8, 4) is 0 Å². The lowest BCUT2D eigenvalue weighted by Crippen LogP contribution is -2.30. The molecule has 0 heterocycles. The Balaban J connectivity index is 4.19. The lowest BCUT2D eigenvalue weighted by Gasteiger charge is -2.18. The number of carbonyl (C=O) groups excluding carboxylic acids is 3. The quantitative estimate of drug-likeness (QED) is 0.0344. The van der Waals surface area contributed by atoms with Crippen molar-refractivity contribution in [3.63, 3.8) is 0 Å². The molecule has 0 saturated heterocycles. The van der Waals surface area contributed by atoms with E-state index in [0.717, 1.165) is 75.5 Å². The predicted octanol–water partition coefficient (Wildman–Crippen LogP) is 18.7. The highest BCUT2D eigenvalue weighted by Crippen LogP contribution is 2.19. The highest BCUT2D eigenvalue weighted by molar-refractivity contribution is 5.71. The van der Waals surface area contributed by atoms with Gasteiger partial charge in [0.25, 0.3) is 0 Å². The fraction of sp³-hybridized carbons (Fsp3) is 0.948. The van der Waals surface area contributed by atoms with Gasteiger partial charge in [-0.05, 0) is 37.0 Å². The summed E-state index contributed by atoms with van der Waals surface area (Å²) in [7, 11) is 0. The molecule has 0 aliphatic rings. The zero-order valence-electron chi connectivity index (χ0n) is 44.1. The first-order chi connectivity index (χ1) is 31.2. The Morgan fingerprint density at radius 2 is 0.547 bits per heavy atom. The number of hydrogen-bond acceptors (Lipinski definition) is 6. The molecule has 0 aliphatic carbocycles. The van der Waals surface area contributed by atoms with Gasteiger partial charge in [-0.2, -0.15) is 0 Å². The van der Waals surface area contributed by atoms with E-state index >= 15 is 0 Å². The van der Waals surface area contributed by atoms with Crippen LogP contribution < -0.4 is 0 Å². The topological polar surface area (TPSA) is 78.9 Å². The van der Waals surface area contributed by atoms with Gasteiger partial charge in [0.15, 0.2) is 6.10 Å². The van der Waals surface area contributed by atoms with E-state index in [2.05, 4.69) is 41.5 Å². The molecular formula is C58H112O6. The molecule has 0 bridgehead atoms. The standard InChI is InChI=1S/C58H112O6/c1-7-53(5)45-39-33-27-21-17-15-13-11-9-10-12-14-16-18-23-29-35-41-47-56(59)62-50-55(64-58(61)49-43-37-31-25-26-32-38-44-52(3)4)51-63-57(60)48-42-36-30-24-20-19-22-28-34-40-46-54(6)8-2/h52-55H,7-51H2,1-6H3/t53?,54?,55-/m0/s1. The van der Waals surface area contributed by atoms with Gasteiger partial charge in [-0.15, -0.1) is 0 Å². The molecule has 0 amide bonds. The van der Waals surface area contributed by atoms with Crippen molar-refractivity contribution < 1.29 is 28.6 Å². The first-order valence-corrected chi connectivity index (χ1v) is 28.7. The first kappa shape index (κ1) is 62.4. The van der Waals surface area contributed by atoms with Gasteiger partial charge in [-0.25, -0.2) is 0 Å². The second-order valence-electron chi connectivity index (χ2n) is 20.9. The van der Waals surface area contributed by atoms with E-state index in [9.17, 15) is 14.4 Å². The third-order valence-corrected chi connectivity index (χ3v) is 13.9. The molecule has 0 fully saturated rings. The Bertz CT molecular complexity index is 995. The van der Waals surface area contributed by atoms with Crippen LogP contribution >= 0.6 is 0 Å². The predicted molar refractivity (Wildman–Crippen MR) is 275 cm³/mol.